The van der Waals surface area contributed by atoms with Gasteiger partial charge in [-0.15, -0.1) is 0 Å². The smallest absolute Gasteiger partial charge is 0.356 e. The first-order valence-corrected chi connectivity index (χ1v) is 10.1. The van der Waals surface area contributed by atoms with Gasteiger partial charge < -0.3 is 29.8 Å². The van der Waals surface area contributed by atoms with Crippen LogP contribution >= 0.6 is 0 Å². The van der Waals surface area contributed by atoms with Gasteiger partial charge in [0, 0.05) is 24.5 Å². The summed E-state index contributed by atoms with van der Waals surface area (Å²) in [6.07, 6.45) is -0.159. The molecule has 1 saturated heterocycles. The highest BCUT2D eigenvalue weighted by Gasteiger charge is 2.33. The van der Waals surface area contributed by atoms with Crippen LogP contribution in [0.5, 0.6) is 5.75 Å². The normalized spacial score (nSPS) is 16.3. The molecule has 11 nitrogen and oxygen atoms in total. The second-order valence-corrected chi connectivity index (χ2v) is 7.11. The van der Waals surface area contributed by atoms with E-state index in [1.165, 1.54) is 14.2 Å². The Morgan fingerprint density at radius 1 is 1.25 bits per heavy atom. The number of piperazine rings is 1. The predicted octanol–water partition coefficient (Wildman–Crippen LogP) is 0.655. The molecule has 2 aromatic rings. The molecule has 1 aromatic carbocycles. The molecule has 11 heteroatoms. The summed E-state index contributed by atoms with van der Waals surface area (Å²) in [6, 6.07) is 4.30. The lowest BCUT2D eigenvalue weighted by molar-refractivity contribution is -0.148. The third-order valence-corrected chi connectivity index (χ3v) is 5.11. The highest BCUT2D eigenvalue weighted by atomic mass is 16.5. The largest absolute Gasteiger partial charge is 0.497 e. The van der Waals surface area contributed by atoms with Crippen LogP contribution in [-0.4, -0.2) is 80.1 Å². The number of hydrogen-bond acceptors (Lipinski definition) is 8. The number of anilines is 1. The van der Waals surface area contributed by atoms with E-state index in [-0.39, 0.29) is 36.9 Å². The van der Waals surface area contributed by atoms with E-state index in [4.69, 9.17) is 14.2 Å². The molecule has 1 aliphatic rings. The van der Waals surface area contributed by atoms with E-state index >= 15 is 0 Å². The standard InChI is InChI=1S/C21H26N4O7/c1-4-32-17(27)10-15-20(28)22-7-8-25(15)11-16(26)24-18-13-6-5-12(30-2)9-14(13)23-19(18)21(29)31-3/h5-6,9,15,23H,4,7-8,10-11H2,1-3H3,(H,22,28)(H,24,26). The molecular formula is C21H26N4O7. The van der Waals surface area contributed by atoms with Crippen LogP contribution < -0.4 is 15.4 Å². The average Bonchev–Trinajstić information content (AvgIpc) is 3.13. The lowest BCUT2D eigenvalue weighted by Crippen LogP contribution is -2.57. The van der Waals surface area contributed by atoms with Gasteiger partial charge in [0.15, 0.2) is 0 Å². The molecular weight excluding hydrogens is 420 g/mol. The number of nitrogens with one attached hydrogen (secondary N) is 3. The number of hydrogen-bond donors (Lipinski definition) is 3. The zero-order valence-corrected chi connectivity index (χ0v) is 18.1. The number of nitrogens with zero attached hydrogens (tertiary/aromatic N) is 1. The molecule has 0 radical (unpaired) electrons. The fraction of sp³-hybridized carbons (Fsp3) is 0.429. The van der Waals surface area contributed by atoms with Crippen molar-refractivity contribution >= 4 is 40.3 Å². The number of benzene rings is 1. The third kappa shape index (κ3) is 4.99. The molecule has 1 aliphatic heterocycles. The van der Waals surface area contributed by atoms with E-state index in [0.717, 1.165) is 0 Å². The molecule has 2 heterocycles. The molecule has 1 atom stereocenters. The minimum atomic E-state index is -0.819. The van der Waals surface area contributed by atoms with Gasteiger partial charge in [0.1, 0.15) is 17.5 Å². The molecule has 0 saturated carbocycles. The second kappa shape index (κ2) is 10.1. The number of fused-ring (bicyclic) bond motifs is 1. The first-order valence-electron chi connectivity index (χ1n) is 10.1. The number of carbonyl (C=O) groups excluding carboxylic acids is 4. The first-order chi connectivity index (χ1) is 15.4. The summed E-state index contributed by atoms with van der Waals surface area (Å²) in [7, 11) is 2.77. The van der Waals surface area contributed by atoms with Crippen molar-refractivity contribution in [1.29, 1.82) is 0 Å². The van der Waals surface area contributed by atoms with Crippen LogP contribution in [0.15, 0.2) is 18.2 Å². The number of rotatable bonds is 8. The van der Waals surface area contributed by atoms with Crippen LogP contribution in [0.3, 0.4) is 0 Å². The Kier molecular flexibility index (Phi) is 7.31. The molecule has 172 valence electrons. The maximum absolute atomic E-state index is 12.9. The number of methoxy groups -OCH3 is 2. The molecule has 32 heavy (non-hydrogen) atoms. The fourth-order valence-electron chi connectivity index (χ4n) is 3.60. The third-order valence-electron chi connectivity index (χ3n) is 5.11. The van der Waals surface area contributed by atoms with Gasteiger partial charge in [-0.05, 0) is 19.1 Å². The monoisotopic (exact) mass is 446 g/mol. The fourth-order valence-corrected chi connectivity index (χ4v) is 3.60. The zero-order chi connectivity index (χ0) is 23.3. The van der Waals surface area contributed by atoms with Gasteiger partial charge in [-0.2, -0.15) is 0 Å². The quantitative estimate of drug-likeness (QED) is 0.503. The number of ether oxygens (including phenoxy) is 3. The maximum atomic E-state index is 12.9. The molecule has 1 unspecified atom stereocenters. The van der Waals surface area contributed by atoms with E-state index in [1.807, 2.05) is 0 Å². The highest BCUT2D eigenvalue weighted by Crippen LogP contribution is 2.31. The molecule has 3 rings (SSSR count). The Labute approximate surface area is 184 Å². The Bertz CT molecular complexity index is 1030. The summed E-state index contributed by atoms with van der Waals surface area (Å²) in [5.41, 5.74) is 0.934. The lowest BCUT2D eigenvalue weighted by atomic mass is 10.1. The van der Waals surface area contributed by atoms with Crippen LogP contribution in [0.1, 0.15) is 23.8 Å². The van der Waals surface area contributed by atoms with Crippen molar-refractivity contribution in [2.24, 2.45) is 0 Å². The predicted molar refractivity (Wildman–Crippen MR) is 114 cm³/mol. The number of aromatic amines is 1. The van der Waals surface area contributed by atoms with Crippen LogP contribution in [0.2, 0.25) is 0 Å². The van der Waals surface area contributed by atoms with E-state index in [1.54, 1.807) is 30.0 Å². The van der Waals surface area contributed by atoms with Crippen molar-refractivity contribution in [2.45, 2.75) is 19.4 Å². The topological polar surface area (TPSA) is 139 Å². The van der Waals surface area contributed by atoms with Crippen LogP contribution in [0.25, 0.3) is 10.9 Å². The molecule has 2 amide bonds. The van der Waals surface area contributed by atoms with Gasteiger partial charge in [0.05, 0.1) is 45.0 Å². The molecule has 0 aliphatic carbocycles. The molecule has 0 spiro atoms. The number of esters is 2. The van der Waals surface area contributed by atoms with Gasteiger partial charge in [0.25, 0.3) is 0 Å². The van der Waals surface area contributed by atoms with Crippen molar-refractivity contribution < 1.29 is 33.4 Å². The highest BCUT2D eigenvalue weighted by molar-refractivity contribution is 6.11. The van der Waals surface area contributed by atoms with Crippen LogP contribution in [-0.2, 0) is 23.9 Å². The van der Waals surface area contributed by atoms with Crippen molar-refractivity contribution in [3.63, 3.8) is 0 Å². The molecule has 0 bridgehead atoms. The SMILES string of the molecule is CCOC(=O)CC1C(=O)NCCN1CC(=O)Nc1c(C(=O)OC)[nH]c2cc(OC)ccc12. The first kappa shape index (κ1) is 23.1. The Morgan fingerprint density at radius 3 is 2.72 bits per heavy atom. The van der Waals surface area contributed by atoms with Crippen molar-refractivity contribution in [1.82, 2.24) is 15.2 Å². The number of aromatic nitrogens is 1. The number of carbonyl (C=O) groups is 4. The lowest BCUT2D eigenvalue weighted by Gasteiger charge is -2.33. The van der Waals surface area contributed by atoms with Gasteiger partial charge >= 0.3 is 11.9 Å². The van der Waals surface area contributed by atoms with Crippen molar-refractivity contribution in [2.75, 3.05) is 45.8 Å². The van der Waals surface area contributed by atoms with E-state index in [2.05, 4.69) is 15.6 Å². The number of H-pyrrole nitrogens is 1. The summed E-state index contributed by atoms with van der Waals surface area (Å²) in [5.74, 6) is -1.37. The van der Waals surface area contributed by atoms with E-state index in [9.17, 15) is 19.2 Å². The zero-order valence-electron chi connectivity index (χ0n) is 18.1. The maximum Gasteiger partial charge on any atom is 0.356 e. The summed E-state index contributed by atoms with van der Waals surface area (Å²) in [5, 5.41) is 6.04. The Balaban J connectivity index is 1.82. The van der Waals surface area contributed by atoms with Gasteiger partial charge in [0.2, 0.25) is 11.8 Å². The van der Waals surface area contributed by atoms with Crippen molar-refractivity contribution in [3.05, 3.63) is 23.9 Å². The Morgan fingerprint density at radius 2 is 2.03 bits per heavy atom. The van der Waals surface area contributed by atoms with Gasteiger partial charge in [-0.1, -0.05) is 0 Å². The van der Waals surface area contributed by atoms with Crippen LogP contribution in [0.4, 0.5) is 5.69 Å². The van der Waals surface area contributed by atoms with E-state index in [0.29, 0.717) is 29.7 Å². The summed E-state index contributed by atoms with van der Waals surface area (Å²) in [6.45, 7) is 2.47. The Hall–Kier alpha value is -3.60. The minimum absolute atomic E-state index is 0.0866. The van der Waals surface area contributed by atoms with Gasteiger partial charge in [-0.25, -0.2) is 4.79 Å². The van der Waals surface area contributed by atoms with Gasteiger partial charge in [-0.3, -0.25) is 19.3 Å². The van der Waals surface area contributed by atoms with E-state index < -0.39 is 23.9 Å². The summed E-state index contributed by atoms with van der Waals surface area (Å²) < 4.78 is 15.0. The van der Waals surface area contributed by atoms with Crippen molar-refractivity contribution in [3.8, 4) is 5.75 Å². The number of amides is 2. The summed E-state index contributed by atoms with van der Waals surface area (Å²) >= 11 is 0. The molecule has 1 aromatic heterocycles. The average molecular weight is 446 g/mol. The summed E-state index contributed by atoms with van der Waals surface area (Å²) in [4.78, 5) is 53.9. The second-order valence-electron chi connectivity index (χ2n) is 7.11. The minimum Gasteiger partial charge on any atom is -0.497 e. The molecule has 1 fully saturated rings. The molecule has 3 N–H and O–H groups in total. The van der Waals surface area contributed by atoms with Crippen LogP contribution in [0, 0.1) is 0 Å².